The van der Waals surface area contributed by atoms with Crippen molar-refractivity contribution >= 4 is 17.7 Å². The van der Waals surface area contributed by atoms with Crippen molar-refractivity contribution in [3.63, 3.8) is 0 Å². The molecule has 0 bridgehead atoms. The SMILES string of the molecule is COC(=O)C1CCN(C(=O)c2ccc([N+](=O)[O-])[nH]2)C1. The summed E-state index contributed by atoms with van der Waals surface area (Å²) in [6.45, 7) is 0.712. The number of ether oxygens (including phenoxy) is 1. The van der Waals surface area contributed by atoms with Gasteiger partial charge in [-0.3, -0.25) is 9.59 Å². The van der Waals surface area contributed by atoms with Crippen LogP contribution in [0.2, 0.25) is 0 Å². The predicted molar refractivity (Wildman–Crippen MR) is 63.5 cm³/mol. The Labute approximate surface area is 108 Å². The van der Waals surface area contributed by atoms with Crippen molar-refractivity contribution in [2.75, 3.05) is 20.2 Å². The van der Waals surface area contributed by atoms with Gasteiger partial charge in [0.05, 0.1) is 13.0 Å². The summed E-state index contributed by atoms with van der Waals surface area (Å²) in [5.74, 6) is -1.24. The van der Waals surface area contributed by atoms with Gasteiger partial charge >= 0.3 is 11.8 Å². The molecule has 0 aliphatic carbocycles. The Hall–Kier alpha value is -2.38. The molecular formula is C11H13N3O5. The van der Waals surface area contributed by atoms with E-state index in [1.54, 1.807) is 0 Å². The third kappa shape index (κ3) is 2.56. The van der Waals surface area contributed by atoms with Gasteiger partial charge in [-0.05, 0) is 17.4 Å². The van der Waals surface area contributed by atoms with E-state index in [-0.39, 0.29) is 35.9 Å². The number of H-pyrrole nitrogens is 1. The molecule has 1 unspecified atom stereocenters. The van der Waals surface area contributed by atoms with E-state index in [4.69, 9.17) is 0 Å². The normalized spacial score (nSPS) is 18.4. The van der Waals surface area contributed by atoms with E-state index in [0.717, 1.165) is 0 Å². The molecule has 2 rings (SSSR count). The average Bonchev–Trinajstić information content (AvgIpc) is 3.05. The molecule has 1 saturated heterocycles. The van der Waals surface area contributed by atoms with Crippen molar-refractivity contribution < 1.29 is 19.2 Å². The first-order chi connectivity index (χ1) is 9.02. The lowest BCUT2D eigenvalue weighted by molar-refractivity contribution is -0.389. The molecule has 8 heteroatoms. The molecule has 1 aliphatic rings. The number of nitro groups is 1. The van der Waals surface area contributed by atoms with Gasteiger partial charge in [-0.25, -0.2) is 4.98 Å². The highest BCUT2D eigenvalue weighted by atomic mass is 16.6. The lowest BCUT2D eigenvalue weighted by Gasteiger charge is -2.13. The van der Waals surface area contributed by atoms with Crippen molar-refractivity contribution in [2.45, 2.75) is 6.42 Å². The predicted octanol–water partition coefficient (Wildman–Crippen LogP) is 0.558. The van der Waals surface area contributed by atoms with E-state index in [1.165, 1.54) is 24.1 Å². The second kappa shape index (κ2) is 5.09. The molecule has 102 valence electrons. The number of nitrogens with zero attached hydrogens (tertiary/aromatic N) is 2. The zero-order valence-corrected chi connectivity index (χ0v) is 10.3. The van der Waals surface area contributed by atoms with Crippen LogP contribution in [0.5, 0.6) is 0 Å². The monoisotopic (exact) mass is 267 g/mol. The molecule has 19 heavy (non-hydrogen) atoms. The van der Waals surface area contributed by atoms with Crippen molar-refractivity contribution in [3.05, 3.63) is 27.9 Å². The molecule has 0 spiro atoms. The molecule has 1 amide bonds. The first kappa shape index (κ1) is 13.1. The van der Waals surface area contributed by atoms with Gasteiger partial charge < -0.3 is 19.8 Å². The largest absolute Gasteiger partial charge is 0.469 e. The van der Waals surface area contributed by atoms with Gasteiger partial charge in [0.25, 0.3) is 5.91 Å². The molecule has 8 nitrogen and oxygen atoms in total. The van der Waals surface area contributed by atoms with E-state index < -0.39 is 4.92 Å². The highest BCUT2D eigenvalue weighted by Gasteiger charge is 2.33. The maximum absolute atomic E-state index is 12.1. The molecule has 2 heterocycles. The van der Waals surface area contributed by atoms with E-state index in [0.29, 0.717) is 13.0 Å². The fourth-order valence-corrected chi connectivity index (χ4v) is 2.09. The van der Waals surface area contributed by atoms with Gasteiger partial charge in [-0.2, -0.15) is 0 Å². The molecular weight excluding hydrogens is 254 g/mol. The summed E-state index contributed by atoms with van der Waals surface area (Å²) in [6, 6.07) is 2.60. The number of rotatable bonds is 3. The maximum atomic E-state index is 12.1. The summed E-state index contributed by atoms with van der Waals surface area (Å²) in [7, 11) is 1.31. The zero-order chi connectivity index (χ0) is 14.0. The fraction of sp³-hybridized carbons (Fsp3) is 0.455. The molecule has 0 aromatic carbocycles. The second-order valence-electron chi connectivity index (χ2n) is 4.27. The summed E-state index contributed by atoms with van der Waals surface area (Å²) in [5.41, 5.74) is 0.150. The molecule has 0 radical (unpaired) electrons. The highest BCUT2D eigenvalue weighted by molar-refractivity contribution is 5.93. The van der Waals surface area contributed by atoms with E-state index in [2.05, 4.69) is 9.72 Å². The molecule has 1 atom stereocenters. The second-order valence-corrected chi connectivity index (χ2v) is 4.27. The van der Waals surface area contributed by atoms with Gasteiger partial charge in [0.1, 0.15) is 0 Å². The minimum absolute atomic E-state index is 0.150. The number of nitrogens with one attached hydrogen (secondary N) is 1. The minimum Gasteiger partial charge on any atom is -0.469 e. The van der Waals surface area contributed by atoms with Gasteiger partial charge in [0.15, 0.2) is 5.69 Å². The van der Waals surface area contributed by atoms with Crippen LogP contribution in [0.15, 0.2) is 12.1 Å². The van der Waals surface area contributed by atoms with Gasteiger partial charge in [0, 0.05) is 19.2 Å². The van der Waals surface area contributed by atoms with Crippen LogP contribution in [0.4, 0.5) is 5.82 Å². The topological polar surface area (TPSA) is 106 Å². The molecule has 1 fully saturated rings. The minimum atomic E-state index is -0.599. The number of methoxy groups -OCH3 is 1. The summed E-state index contributed by atoms with van der Waals surface area (Å²) in [6.07, 6.45) is 0.543. The molecule has 0 saturated carbocycles. The van der Waals surface area contributed by atoms with Crippen LogP contribution in [0, 0.1) is 16.0 Å². The Bertz CT molecular complexity index is 524. The Balaban J connectivity index is 2.04. The summed E-state index contributed by atoms with van der Waals surface area (Å²) < 4.78 is 4.63. The van der Waals surface area contributed by atoms with Crippen LogP contribution in [0.25, 0.3) is 0 Å². The van der Waals surface area contributed by atoms with Crippen LogP contribution < -0.4 is 0 Å². The van der Waals surface area contributed by atoms with Crippen molar-refractivity contribution in [2.24, 2.45) is 5.92 Å². The number of hydrogen-bond acceptors (Lipinski definition) is 5. The van der Waals surface area contributed by atoms with Crippen molar-refractivity contribution in [3.8, 4) is 0 Å². The molecule has 1 N–H and O–H groups in total. The number of amides is 1. The van der Waals surface area contributed by atoms with E-state index in [9.17, 15) is 19.7 Å². The maximum Gasteiger partial charge on any atom is 0.321 e. The first-order valence-corrected chi connectivity index (χ1v) is 5.73. The number of esters is 1. The van der Waals surface area contributed by atoms with Crippen molar-refractivity contribution in [1.82, 2.24) is 9.88 Å². The third-order valence-electron chi connectivity index (χ3n) is 3.11. The summed E-state index contributed by atoms with van der Waals surface area (Å²) in [5, 5.41) is 10.5. The Morgan fingerprint density at radius 1 is 1.53 bits per heavy atom. The van der Waals surface area contributed by atoms with Crippen LogP contribution in [0.3, 0.4) is 0 Å². The number of carbonyl (C=O) groups excluding carboxylic acids is 2. The van der Waals surface area contributed by atoms with E-state index in [1.807, 2.05) is 0 Å². The summed E-state index contributed by atoms with van der Waals surface area (Å²) in [4.78, 5) is 37.3. The lowest BCUT2D eigenvalue weighted by Crippen LogP contribution is -2.30. The molecule has 1 aromatic rings. The third-order valence-corrected chi connectivity index (χ3v) is 3.11. The Morgan fingerprint density at radius 3 is 2.84 bits per heavy atom. The number of hydrogen-bond donors (Lipinski definition) is 1. The number of aromatic nitrogens is 1. The number of aromatic amines is 1. The fourth-order valence-electron chi connectivity index (χ4n) is 2.09. The summed E-state index contributed by atoms with van der Waals surface area (Å²) >= 11 is 0. The van der Waals surface area contributed by atoms with Gasteiger partial charge in [-0.1, -0.05) is 0 Å². The average molecular weight is 267 g/mol. The van der Waals surface area contributed by atoms with Crippen LogP contribution in [-0.2, 0) is 9.53 Å². The molecule has 1 aromatic heterocycles. The standard InChI is InChI=1S/C11H13N3O5/c1-19-11(16)7-4-5-13(6-7)10(15)8-2-3-9(12-8)14(17)18/h2-3,7,12H,4-6H2,1H3. The smallest absolute Gasteiger partial charge is 0.321 e. The number of carbonyl (C=O) groups is 2. The Kier molecular flexibility index (Phi) is 3.50. The quantitative estimate of drug-likeness (QED) is 0.489. The zero-order valence-electron chi connectivity index (χ0n) is 10.3. The van der Waals surface area contributed by atoms with Gasteiger partial charge in [-0.15, -0.1) is 0 Å². The lowest BCUT2D eigenvalue weighted by atomic mass is 10.1. The molecule has 1 aliphatic heterocycles. The van der Waals surface area contributed by atoms with Crippen molar-refractivity contribution in [1.29, 1.82) is 0 Å². The van der Waals surface area contributed by atoms with Crippen LogP contribution in [-0.4, -0.2) is 46.9 Å². The first-order valence-electron chi connectivity index (χ1n) is 5.73. The van der Waals surface area contributed by atoms with Crippen LogP contribution in [0.1, 0.15) is 16.9 Å². The number of likely N-dealkylation sites (tertiary alicyclic amines) is 1. The van der Waals surface area contributed by atoms with Gasteiger partial charge in [0.2, 0.25) is 0 Å². The Morgan fingerprint density at radius 2 is 2.26 bits per heavy atom. The highest BCUT2D eigenvalue weighted by Crippen LogP contribution is 2.20. The van der Waals surface area contributed by atoms with E-state index >= 15 is 0 Å². The van der Waals surface area contributed by atoms with Crippen LogP contribution >= 0.6 is 0 Å².